The highest BCUT2D eigenvalue weighted by molar-refractivity contribution is 6.21. The molecule has 1 N–H and O–H groups in total. The number of rotatable bonds is 5. The molecule has 1 atom stereocenters. The average Bonchev–Trinajstić information content (AvgIpc) is 2.69. The first kappa shape index (κ1) is 13.1. The molecule has 1 heterocycles. The third-order valence-corrected chi connectivity index (χ3v) is 3.30. The van der Waals surface area contributed by atoms with Crippen LogP contribution in [0.3, 0.4) is 0 Å². The minimum Gasteiger partial charge on any atom is -0.309 e. The number of nitrogens with zero attached hydrogens (tertiary/aromatic N) is 2. The van der Waals surface area contributed by atoms with Gasteiger partial charge in [0.25, 0.3) is 0 Å². The summed E-state index contributed by atoms with van der Waals surface area (Å²) in [5.41, 5.74) is 3.36. The van der Waals surface area contributed by atoms with Crippen molar-refractivity contribution in [1.29, 1.82) is 0 Å². The Bertz CT molecular complexity index is 493. The Morgan fingerprint density at radius 2 is 2.06 bits per heavy atom. The predicted molar refractivity (Wildman–Crippen MR) is 74.7 cm³/mol. The Hall–Kier alpha value is -1.32. The van der Waals surface area contributed by atoms with Crippen LogP contribution in [0.1, 0.15) is 22.3 Å². The molecule has 4 heteroatoms. The van der Waals surface area contributed by atoms with Gasteiger partial charge in [-0.25, -0.2) is 0 Å². The molecule has 0 aliphatic heterocycles. The molecule has 18 heavy (non-hydrogen) atoms. The number of halogens is 1. The summed E-state index contributed by atoms with van der Waals surface area (Å²) in [6.45, 7) is 3.53. The number of hydrogen-bond acceptors (Lipinski definition) is 2. The van der Waals surface area contributed by atoms with Crippen LogP contribution >= 0.6 is 11.6 Å². The van der Waals surface area contributed by atoms with E-state index in [0.717, 1.165) is 24.3 Å². The minimum atomic E-state index is 0.000486. The summed E-state index contributed by atoms with van der Waals surface area (Å²) >= 11 is 6.33. The van der Waals surface area contributed by atoms with Gasteiger partial charge in [0.15, 0.2) is 0 Å². The third kappa shape index (κ3) is 3.34. The van der Waals surface area contributed by atoms with Gasteiger partial charge in [-0.2, -0.15) is 5.10 Å². The first-order chi connectivity index (χ1) is 8.66. The SMILES string of the molecule is Cc1cc(CNCC(Cl)c2ccccc2)n(C)n1. The van der Waals surface area contributed by atoms with Crippen molar-refractivity contribution in [2.45, 2.75) is 18.8 Å². The zero-order chi connectivity index (χ0) is 13.0. The van der Waals surface area contributed by atoms with Crippen LogP contribution in [0, 0.1) is 6.92 Å². The van der Waals surface area contributed by atoms with E-state index in [1.54, 1.807) is 0 Å². The Labute approximate surface area is 113 Å². The third-order valence-electron chi connectivity index (χ3n) is 2.89. The second-order valence-corrected chi connectivity index (χ2v) is 4.94. The highest BCUT2D eigenvalue weighted by Crippen LogP contribution is 2.18. The summed E-state index contributed by atoms with van der Waals surface area (Å²) in [6, 6.07) is 12.2. The van der Waals surface area contributed by atoms with E-state index >= 15 is 0 Å². The van der Waals surface area contributed by atoms with E-state index < -0.39 is 0 Å². The van der Waals surface area contributed by atoms with Gasteiger partial charge in [-0.05, 0) is 18.6 Å². The lowest BCUT2D eigenvalue weighted by molar-refractivity contribution is 0.618. The second kappa shape index (κ2) is 6.03. The van der Waals surface area contributed by atoms with Gasteiger partial charge < -0.3 is 5.32 Å². The zero-order valence-corrected chi connectivity index (χ0v) is 11.5. The maximum absolute atomic E-state index is 6.33. The van der Waals surface area contributed by atoms with E-state index in [4.69, 9.17) is 11.6 Å². The zero-order valence-electron chi connectivity index (χ0n) is 10.7. The Morgan fingerprint density at radius 3 is 2.67 bits per heavy atom. The molecule has 0 spiro atoms. The molecule has 2 aromatic rings. The van der Waals surface area contributed by atoms with Crippen molar-refractivity contribution < 1.29 is 0 Å². The number of benzene rings is 1. The Morgan fingerprint density at radius 1 is 1.33 bits per heavy atom. The number of nitrogens with one attached hydrogen (secondary N) is 1. The van der Waals surface area contributed by atoms with Crippen LogP contribution in [0.25, 0.3) is 0 Å². The predicted octanol–water partition coefficient (Wildman–Crippen LogP) is 2.80. The second-order valence-electron chi connectivity index (χ2n) is 4.41. The van der Waals surface area contributed by atoms with Crippen LogP contribution in [0.5, 0.6) is 0 Å². The van der Waals surface area contributed by atoms with Crippen molar-refractivity contribution in [1.82, 2.24) is 15.1 Å². The molecule has 0 aliphatic rings. The molecule has 2 rings (SSSR count). The summed E-state index contributed by atoms with van der Waals surface area (Å²) in [5.74, 6) is 0. The Kier molecular flexibility index (Phi) is 4.39. The normalized spacial score (nSPS) is 12.6. The van der Waals surface area contributed by atoms with Crippen molar-refractivity contribution in [2.75, 3.05) is 6.54 Å². The number of alkyl halides is 1. The van der Waals surface area contributed by atoms with Crippen molar-refractivity contribution in [3.05, 3.63) is 53.3 Å². The van der Waals surface area contributed by atoms with Gasteiger partial charge in [-0.3, -0.25) is 4.68 Å². The lowest BCUT2D eigenvalue weighted by Gasteiger charge is -2.11. The monoisotopic (exact) mass is 263 g/mol. The molecule has 0 fully saturated rings. The summed E-state index contributed by atoms with van der Waals surface area (Å²) in [4.78, 5) is 0. The van der Waals surface area contributed by atoms with E-state index in [2.05, 4.69) is 16.5 Å². The van der Waals surface area contributed by atoms with E-state index in [1.165, 1.54) is 5.69 Å². The van der Waals surface area contributed by atoms with Gasteiger partial charge in [0, 0.05) is 20.1 Å². The van der Waals surface area contributed by atoms with Crippen LogP contribution < -0.4 is 5.32 Å². The van der Waals surface area contributed by atoms with Gasteiger partial charge in [-0.15, -0.1) is 11.6 Å². The van der Waals surface area contributed by atoms with Crippen LogP contribution in [-0.4, -0.2) is 16.3 Å². The molecule has 1 aromatic heterocycles. The van der Waals surface area contributed by atoms with E-state index in [-0.39, 0.29) is 5.38 Å². The van der Waals surface area contributed by atoms with Gasteiger partial charge in [0.05, 0.1) is 16.8 Å². The van der Waals surface area contributed by atoms with Gasteiger partial charge in [-0.1, -0.05) is 30.3 Å². The number of aryl methyl sites for hydroxylation is 2. The summed E-state index contributed by atoms with van der Waals surface area (Å²) < 4.78 is 1.90. The smallest absolute Gasteiger partial charge is 0.0709 e. The molecular weight excluding hydrogens is 246 g/mol. The fourth-order valence-corrected chi connectivity index (χ4v) is 2.19. The van der Waals surface area contributed by atoms with Crippen molar-refractivity contribution >= 4 is 11.6 Å². The fraction of sp³-hybridized carbons (Fsp3) is 0.357. The first-order valence-electron chi connectivity index (χ1n) is 6.06. The standard InChI is InChI=1S/C14H18ClN3/c1-11-8-13(18(2)17-11)9-16-10-14(15)12-6-4-3-5-7-12/h3-8,14,16H,9-10H2,1-2H3. The van der Waals surface area contributed by atoms with E-state index in [9.17, 15) is 0 Å². The quantitative estimate of drug-likeness (QED) is 0.841. The molecule has 1 aromatic carbocycles. The molecule has 0 saturated heterocycles. The molecule has 0 radical (unpaired) electrons. The first-order valence-corrected chi connectivity index (χ1v) is 6.49. The molecule has 96 valence electrons. The Balaban J connectivity index is 1.84. The van der Waals surface area contributed by atoms with Crippen LogP contribution in [0.4, 0.5) is 0 Å². The maximum Gasteiger partial charge on any atom is 0.0709 e. The number of aromatic nitrogens is 2. The molecule has 0 amide bonds. The summed E-state index contributed by atoms with van der Waals surface area (Å²) in [5, 5.41) is 7.67. The molecule has 0 saturated carbocycles. The van der Waals surface area contributed by atoms with Gasteiger partial charge in [0.1, 0.15) is 0 Å². The highest BCUT2D eigenvalue weighted by Gasteiger charge is 2.07. The maximum atomic E-state index is 6.33. The van der Waals surface area contributed by atoms with Crippen LogP contribution in [-0.2, 0) is 13.6 Å². The van der Waals surface area contributed by atoms with E-state index in [1.807, 2.05) is 49.0 Å². The highest BCUT2D eigenvalue weighted by atomic mass is 35.5. The van der Waals surface area contributed by atoms with Gasteiger partial charge in [0.2, 0.25) is 0 Å². The summed E-state index contributed by atoms with van der Waals surface area (Å²) in [6.07, 6.45) is 0. The van der Waals surface area contributed by atoms with Crippen molar-refractivity contribution in [2.24, 2.45) is 7.05 Å². The molecule has 1 unspecified atom stereocenters. The fourth-order valence-electron chi connectivity index (χ4n) is 1.94. The van der Waals surface area contributed by atoms with Crippen LogP contribution in [0.15, 0.2) is 36.4 Å². The largest absolute Gasteiger partial charge is 0.309 e. The molecule has 3 nitrogen and oxygen atoms in total. The van der Waals surface area contributed by atoms with Crippen molar-refractivity contribution in [3.8, 4) is 0 Å². The molecular formula is C14H18ClN3. The lowest BCUT2D eigenvalue weighted by atomic mass is 10.1. The average molecular weight is 264 g/mol. The van der Waals surface area contributed by atoms with Crippen molar-refractivity contribution in [3.63, 3.8) is 0 Å². The minimum absolute atomic E-state index is 0.000486. The lowest BCUT2D eigenvalue weighted by Crippen LogP contribution is -2.20. The number of hydrogen-bond donors (Lipinski definition) is 1. The van der Waals surface area contributed by atoms with E-state index in [0.29, 0.717) is 0 Å². The van der Waals surface area contributed by atoms with Crippen LogP contribution in [0.2, 0.25) is 0 Å². The van der Waals surface area contributed by atoms with Gasteiger partial charge >= 0.3 is 0 Å². The topological polar surface area (TPSA) is 29.9 Å². The summed E-state index contributed by atoms with van der Waals surface area (Å²) in [7, 11) is 1.96. The molecule has 0 bridgehead atoms. The molecule has 0 aliphatic carbocycles.